The fourth-order valence-electron chi connectivity index (χ4n) is 4.82. The number of carbonyl (C=O) groups excluding carboxylic acids is 1. The van der Waals surface area contributed by atoms with Gasteiger partial charge in [0.2, 0.25) is 0 Å². The van der Waals surface area contributed by atoms with Crippen LogP contribution in [0.5, 0.6) is 0 Å². The lowest BCUT2D eigenvalue weighted by Crippen LogP contribution is -2.50. The van der Waals surface area contributed by atoms with Gasteiger partial charge in [0.05, 0.1) is 11.3 Å². The molecule has 3 aromatic rings. The van der Waals surface area contributed by atoms with Crippen LogP contribution in [0.3, 0.4) is 0 Å². The molecule has 7 heteroatoms. The summed E-state index contributed by atoms with van der Waals surface area (Å²) in [5, 5.41) is 4.75. The number of hydrogen-bond donors (Lipinski definition) is 0. The maximum absolute atomic E-state index is 13.6. The Labute approximate surface area is 200 Å². The molecule has 2 aromatic carbocycles. The zero-order chi connectivity index (χ0) is 23.5. The number of piperazine rings is 1. The molecule has 2 aliphatic heterocycles. The molecule has 2 aliphatic rings. The lowest BCUT2D eigenvalue weighted by molar-refractivity contribution is 0.0627. The molecular weight excluding hydrogens is 429 g/mol. The Hall–Kier alpha value is -3.03. The van der Waals surface area contributed by atoms with E-state index in [0.29, 0.717) is 24.3 Å². The number of hydrogen-bond acceptors (Lipinski definition) is 4. The van der Waals surface area contributed by atoms with Crippen LogP contribution >= 0.6 is 0 Å². The molecule has 3 heterocycles. The lowest BCUT2D eigenvalue weighted by atomic mass is 10.1. The van der Waals surface area contributed by atoms with Crippen LogP contribution in [0.2, 0.25) is 0 Å². The zero-order valence-corrected chi connectivity index (χ0v) is 19.8. The monoisotopic (exact) mass is 461 g/mol. The minimum atomic E-state index is -0.298. The van der Waals surface area contributed by atoms with Gasteiger partial charge in [0.15, 0.2) is 0 Å². The van der Waals surface area contributed by atoms with Crippen molar-refractivity contribution >= 4 is 5.91 Å². The average Bonchev–Trinajstić information content (AvgIpc) is 3.54. The van der Waals surface area contributed by atoms with E-state index >= 15 is 0 Å². The highest BCUT2D eigenvalue weighted by atomic mass is 19.1. The van der Waals surface area contributed by atoms with E-state index in [1.54, 1.807) is 23.0 Å². The first-order valence-electron chi connectivity index (χ1n) is 12.2. The number of aromatic nitrogens is 2. The Balaban J connectivity index is 1.33. The molecule has 0 unspecified atom stereocenters. The summed E-state index contributed by atoms with van der Waals surface area (Å²) in [5.41, 5.74) is 4.02. The van der Waals surface area contributed by atoms with Crippen molar-refractivity contribution in [1.82, 2.24) is 24.5 Å². The topological polar surface area (TPSA) is 44.6 Å². The van der Waals surface area contributed by atoms with Gasteiger partial charge in [0, 0.05) is 51.0 Å². The van der Waals surface area contributed by atoms with Crippen LogP contribution in [0.15, 0.2) is 54.7 Å². The van der Waals surface area contributed by atoms with Gasteiger partial charge >= 0.3 is 0 Å². The van der Waals surface area contributed by atoms with Crippen molar-refractivity contribution in [2.75, 3.05) is 52.4 Å². The summed E-state index contributed by atoms with van der Waals surface area (Å²) < 4.78 is 15.1. The second kappa shape index (κ2) is 10.1. The molecule has 34 heavy (non-hydrogen) atoms. The highest BCUT2D eigenvalue weighted by Gasteiger charge is 2.27. The Morgan fingerprint density at radius 1 is 0.853 bits per heavy atom. The van der Waals surface area contributed by atoms with Gasteiger partial charge in [-0.1, -0.05) is 29.8 Å². The summed E-state index contributed by atoms with van der Waals surface area (Å²) >= 11 is 0. The summed E-state index contributed by atoms with van der Waals surface area (Å²) in [7, 11) is 0. The van der Waals surface area contributed by atoms with Crippen molar-refractivity contribution in [2.45, 2.75) is 19.8 Å². The van der Waals surface area contributed by atoms with E-state index in [-0.39, 0.29) is 11.7 Å². The molecule has 5 rings (SSSR count). The molecule has 0 radical (unpaired) electrons. The molecule has 178 valence electrons. The smallest absolute Gasteiger partial charge is 0.257 e. The molecular formula is C27H32FN5O. The third-order valence-corrected chi connectivity index (χ3v) is 6.95. The van der Waals surface area contributed by atoms with Crippen LogP contribution in [0.1, 0.15) is 28.8 Å². The maximum atomic E-state index is 13.6. The highest BCUT2D eigenvalue weighted by Crippen LogP contribution is 2.26. The minimum absolute atomic E-state index is 0.00290. The quantitative estimate of drug-likeness (QED) is 0.560. The van der Waals surface area contributed by atoms with Crippen molar-refractivity contribution in [3.05, 3.63) is 71.7 Å². The molecule has 0 saturated carbocycles. The summed E-state index contributed by atoms with van der Waals surface area (Å²) in [6.45, 7) is 9.89. The summed E-state index contributed by atoms with van der Waals surface area (Å²) in [5.74, 6) is -0.295. The van der Waals surface area contributed by atoms with Crippen molar-refractivity contribution < 1.29 is 9.18 Å². The Morgan fingerprint density at radius 3 is 2.12 bits per heavy atom. The molecule has 6 nitrogen and oxygen atoms in total. The number of rotatable bonds is 6. The molecule has 0 bridgehead atoms. The lowest BCUT2D eigenvalue weighted by Gasteiger charge is -2.35. The third-order valence-electron chi connectivity index (χ3n) is 6.95. The molecule has 1 amide bonds. The van der Waals surface area contributed by atoms with E-state index in [2.05, 4.69) is 9.80 Å². The van der Waals surface area contributed by atoms with Crippen LogP contribution in [-0.4, -0.2) is 82.7 Å². The number of nitrogens with zero attached hydrogens (tertiary/aromatic N) is 5. The molecule has 2 saturated heterocycles. The van der Waals surface area contributed by atoms with Crippen molar-refractivity contribution in [3.8, 4) is 16.9 Å². The number of carbonyl (C=O) groups is 1. The van der Waals surface area contributed by atoms with Crippen LogP contribution < -0.4 is 0 Å². The van der Waals surface area contributed by atoms with E-state index in [1.165, 1.54) is 38.1 Å². The first-order chi connectivity index (χ1) is 16.6. The number of amides is 1. The molecule has 1 aromatic heterocycles. The molecule has 2 fully saturated rings. The molecule has 0 atom stereocenters. The van der Waals surface area contributed by atoms with Gasteiger partial charge in [0.1, 0.15) is 11.5 Å². The summed E-state index contributed by atoms with van der Waals surface area (Å²) in [6, 6.07) is 14.2. The minimum Gasteiger partial charge on any atom is -0.336 e. The zero-order valence-electron chi connectivity index (χ0n) is 19.8. The van der Waals surface area contributed by atoms with Gasteiger partial charge in [-0.05, 0) is 57.1 Å². The number of benzene rings is 2. The second-order valence-electron chi connectivity index (χ2n) is 9.36. The van der Waals surface area contributed by atoms with E-state index in [9.17, 15) is 9.18 Å². The van der Waals surface area contributed by atoms with Crippen LogP contribution in [0, 0.1) is 12.7 Å². The van der Waals surface area contributed by atoms with Gasteiger partial charge in [-0.15, -0.1) is 0 Å². The van der Waals surface area contributed by atoms with Gasteiger partial charge in [0.25, 0.3) is 5.91 Å². The average molecular weight is 462 g/mol. The molecule has 0 N–H and O–H groups in total. The number of halogens is 1. The number of likely N-dealkylation sites (tertiary alicyclic amines) is 1. The predicted molar refractivity (Wildman–Crippen MR) is 132 cm³/mol. The van der Waals surface area contributed by atoms with Crippen molar-refractivity contribution in [3.63, 3.8) is 0 Å². The van der Waals surface area contributed by atoms with Crippen molar-refractivity contribution in [2.24, 2.45) is 0 Å². The van der Waals surface area contributed by atoms with Crippen LogP contribution in [0.25, 0.3) is 16.9 Å². The first-order valence-corrected chi connectivity index (χ1v) is 12.2. The second-order valence-corrected chi connectivity index (χ2v) is 9.36. The number of aryl methyl sites for hydroxylation is 1. The standard InChI is InChI=1S/C27H32FN5O/c1-21-4-6-22(7-5-21)26-25(20-33(29-26)24-10-8-23(28)9-11-24)27(34)32-18-16-31(17-19-32)15-14-30-12-2-3-13-30/h4-11,20H,2-3,12-19H2,1H3. The normalized spacial score (nSPS) is 17.4. The Kier molecular flexibility index (Phi) is 6.74. The Bertz CT molecular complexity index is 1110. The third kappa shape index (κ3) is 5.05. The SMILES string of the molecule is Cc1ccc(-c2nn(-c3ccc(F)cc3)cc2C(=O)N2CCN(CCN3CCCC3)CC2)cc1. The van der Waals surface area contributed by atoms with E-state index in [0.717, 1.165) is 43.0 Å². The van der Waals surface area contributed by atoms with E-state index in [1.807, 2.05) is 36.1 Å². The van der Waals surface area contributed by atoms with Gasteiger partial charge < -0.3 is 9.80 Å². The highest BCUT2D eigenvalue weighted by molar-refractivity contribution is 6.00. The van der Waals surface area contributed by atoms with E-state index in [4.69, 9.17) is 5.10 Å². The summed E-state index contributed by atoms with van der Waals surface area (Å²) in [4.78, 5) is 20.6. The van der Waals surface area contributed by atoms with Gasteiger partial charge in [-0.3, -0.25) is 9.69 Å². The predicted octanol–water partition coefficient (Wildman–Crippen LogP) is 3.84. The van der Waals surface area contributed by atoms with Crippen LogP contribution in [-0.2, 0) is 0 Å². The van der Waals surface area contributed by atoms with Gasteiger partial charge in [-0.25, -0.2) is 9.07 Å². The Morgan fingerprint density at radius 2 is 1.47 bits per heavy atom. The van der Waals surface area contributed by atoms with E-state index < -0.39 is 0 Å². The fraction of sp³-hybridized carbons (Fsp3) is 0.407. The van der Waals surface area contributed by atoms with Gasteiger partial charge in [-0.2, -0.15) is 5.10 Å². The molecule has 0 spiro atoms. The maximum Gasteiger partial charge on any atom is 0.257 e. The van der Waals surface area contributed by atoms with Crippen LogP contribution in [0.4, 0.5) is 4.39 Å². The first kappa shape index (κ1) is 22.7. The molecule has 0 aliphatic carbocycles. The largest absolute Gasteiger partial charge is 0.336 e. The van der Waals surface area contributed by atoms with Crippen molar-refractivity contribution in [1.29, 1.82) is 0 Å². The fourth-order valence-corrected chi connectivity index (χ4v) is 4.82. The summed E-state index contributed by atoms with van der Waals surface area (Å²) in [6.07, 6.45) is 4.42.